The van der Waals surface area contributed by atoms with Crippen LogP contribution in [0.5, 0.6) is 0 Å². The van der Waals surface area contributed by atoms with Gasteiger partial charge in [0.05, 0.1) is 18.2 Å². The monoisotopic (exact) mass is 303 g/mol. The second-order valence-corrected chi connectivity index (χ2v) is 6.76. The molecule has 1 aromatic heterocycles. The summed E-state index contributed by atoms with van der Waals surface area (Å²) in [7, 11) is 0. The number of aromatic nitrogens is 2. The van der Waals surface area contributed by atoms with Crippen LogP contribution in [0.3, 0.4) is 0 Å². The molecule has 0 spiro atoms. The van der Waals surface area contributed by atoms with Crippen LogP contribution in [-0.4, -0.2) is 40.7 Å². The number of amides is 1. The summed E-state index contributed by atoms with van der Waals surface area (Å²) < 4.78 is 5.45. The van der Waals surface area contributed by atoms with Crippen LogP contribution in [0.4, 0.5) is 11.8 Å². The summed E-state index contributed by atoms with van der Waals surface area (Å²) in [5.74, 6) is 1.43. The van der Waals surface area contributed by atoms with Gasteiger partial charge >= 0.3 is 0 Å². The molecule has 2 heterocycles. The summed E-state index contributed by atoms with van der Waals surface area (Å²) >= 11 is 0. The summed E-state index contributed by atoms with van der Waals surface area (Å²) in [6.07, 6.45) is 7.06. The van der Waals surface area contributed by atoms with Crippen molar-refractivity contribution in [2.24, 2.45) is 11.7 Å². The van der Waals surface area contributed by atoms with Gasteiger partial charge in [0, 0.05) is 18.3 Å². The molecular weight excluding hydrogens is 282 g/mol. The third-order valence-corrected chi connectivity index (χ3v) is 4.97. The molecule has 7 nitrogen and oxygen atoms in total. The van der Waals surface area contributed by atoms with Crippen LogP contribution in [0.2, 0.25) is 0 Å². The Kier molecular flexibility index (Phi) is 3.18. The molecule has 2 bridgehead atoms. The second-order valence-electron chi connectivity index (χ2n) is 6.76. The molecular formula is C15H21N5O2. The third-order valence-electron chi connectivity index (χ3n) is 4.97. The molecule has 0 aromatic carbocycles. The maximum atomic E-state index is 11.6. The highest BCUT2D eigenvalue weighted by atomic mass is 16.5. The van der Waals surface area contributed by atoms with E-state index in [0.717, 1.165) is 44.6 Å². The topological polar surface area (TPSA) is 102 Å². The fourth-order valence-electron chi connectivity index (χ4n) is 3.65. The maximum Gasteiger partial charge on any atom is 0.254 e. The SMILES string of the molecule is NC(=O)c1cnc(N[C@H]2CCCOC2)nc1NC12CC(C1)C2. The fourth-order valence-corrected chi connectivity index (χ4v) is 3.65. The van der Waals surface area contributed by atoms with E-state index in [4.69, 9.17) is 10.5 Å². The lowest BCUT2D eigenvalue weighted by molar-refractivity contribution is 0.00177. The molecule has 1 saturated heterocycles. The first kappa shape index (κ1) is 13.8. The number of ether oxygens (including phenoxy) is 1. The van der Waals surface area contributed by atoms with Crippen molar-refractivity contribution >= 4 is 17.7 Å². The Morgan fingerprint density at radius 3 is 2.82 bits per heavy atom. The van der Waals surface area contributed by atoms with Gasteiger partial charge < -0.3 is 21.1 Å². The number of hydrogen-bond donors (Lipinski definition) is 3. The molecule has 3 aliphatic carbocycles. The van der Waals surface area contributed by atoms with Gasteiger partial charge in [-0.25, -0.2) is 4.98 Å². The van der Waals surface area contributed by atoms with E-state index in [1.807, 2.05) is 0 Å². The number of anilines is 2. The Hall–Kier alpha value is -1.89. The number of hydrogen-bond acceptors (Lipinski definition) is 6. The molecule has 1 amide bonds. The quantitative estimate of drug-likeness (QED) is 0.753. The lowest BCUT2D eigenvalue weighted by Crippen LogP contribution is -2.63. The number of nitrogens with two attached hydrogens (primary N) is 1. The van der Waals surface area contributed by atoms with Crippen molar-refractivity contribution in [2.75, 3.05) is 23.8 Å². The molecule has 118 valence electrons. The van der Waals surface area contributed by atoms with E-state index < -0.39 is 5.91 Å². The Bertz CT molecular complexity index is 583. The molecule has 4 N–H and O–H groups in total. The van der Waals surface area contributed by atoms with Crippen molar-refractivity contribution in [1.82, 2.24) is 9.97 Å². The highest BCUT2D eigenvalue weighted by Gasteiger charge is 2.57. The Morgan fingerprint density at radius 1 is 1.41 bits per heavy atom. The molecule has 22 heavy (non-hydrogen) atoms. The molecule has 4 aliphatic rings. The average Bonchev–Trinajstić information content (AvgIpc) is 2.42. The van der Waals surface area contributed by atoms with Crippen LogP contribution in [-0.2, 0) is 4.74 Å². The third kappa shape index (κ3) is 2.39. The summed E-state index contributed by atoms with van der Waals surface area (Å²) in [4.78, 5) is 20.3. The Balaban J connectivity index is 1.53. The first-order valence-corrected chi connectivity index (χ1v) is 7.93. The molecule has 0 unspecified atom stereocenters. The Labute approximate surface area is 129 Å². The van der Waals surface area contributed by atoms with Crippen LogP contribution < -0.4 is 16.4 Å². The Morgan fingerprint density at radius 2 is 2.23 bits per heavy atom. The zero-order chi connectivity index (χ0) is 15.2. The van der Waals surface area contributed by atoms with E-state index in [9.17, 15) is 4.79 Å². The minimum absolute atomic E-state index is 0.133. The molecule has 5 rings (SSSR count). The first-order valence-electron chi connectivity index (χ1n) is 7.93. The van der Waals surface area contributed by atoms with E-state index in [2.05, 4.69) is 20.6 Å². The normalized spacial score (nSPS) is 32.5. The van der Waals surface area contributed by atoms with E-state index in [1.54, 1.807) is 0 Å². The number of carbonyl (C=O) groups excluding carboxylic acids is 1. The highest BCUT2D eigenvalue weighted by Crippen LogP contribution is 2.58. The average molecular weight is 303 g/mol. The van der Waals surface area contributed by atoms with E-state index in [-0.39, 0.29) is 11.6 Å². The van der Waals surface area contributed by atoms with Gasteiger partial charge in [0.15, 0.2) is 0 Å². The van der Waals surface area contributed by atoms with Crippen molar-refractivity contribution in [3.63, 3.8) is 0 Å². The summed E-state index contributed by atoms with van der Waals surface area (Å²) in [6, 6.07) is 0.218. The summed E-state index contributed by atoms with van der Waals surface area (Å²) in [6.45, 7) is 1.48. The highest BCUT2D eigenvalue weighted by molar-refractivity contribution is 5.97. The van der Waals surface area contributed by atoms with Gasteiger partial charge in [-0.05, 0) is 38.0 Å². The predicted molar refractivity (Wildman–Crippen MR) is 81.7 cm³/mol. The lowest BCUT2D eigenvalue weighted by Gasteiger charge is -2.62. The van der Waals surface area contributed by atoms with Crippen molar-refractivity contribution in [1.29, 1.82) is 0 Å². The standard InChI is InChI=1S/C15H21N5O2/c16-12(21)11-7-17-14(18-10-2-1-3-22-8-10)19-13(11)20-15-4-9(5-15)6-15/h7,9-10H,1-6,8H2,(H2,16,21)(H2,17,18,19,20)/t9?,10-,15?/m0/s1. The van der Waals surface area contributed by atoms with Crippen molar-refractivity contribution in [2.45, 2.75) is 43.7 Å². The van der Waals surface area contributed by atoms with Gasteiger partial charge in [0.25, 0.3) is 5.91 Å². The number of primary amides is 1. The van der Waals surface area contributed by atoms with Gasteiger partial charge in [-0.3, -0.25) is 4.79 Å². The van der Waals surface area contributed by atoms with Crippen LogP contribution in [0.1, 0.15) is 42.5 Å². The van der Waals surface area contributed by atoms with Crippen molar-refractivity contribution < 1.29 is 9.53 Å². The number of carbonyl (C=O) groups is 1. The zero-order valence-corrected chi connectivity index (χ0v) is 12.5. The minimum Gasteiger partial charge on any atom is -0.379 e. The van der Waals surface area contributed by atoms with Gasteiger partial charge in [0.1, 0.15) is 5.82 Å². The predicted octanol–water partition coefficient (Wildman–Crippen LogP) is 1.13. The first-order chi connectivity index (χ1) is 10.6. The van der Waals surface area contributed by atoms with Gasteiger partial charge in [-0.1, -0.05) is 0 Å². The van der Waals surface area contributed by atoms with E-state index in [0.29, 0.717) is 23.9 Å². The van der Waals surface area contributed by atoms with E-state index in [1.165, 1.54) is 6.20 Å². The van der Waals surface area contributed by atoms with Crippen LogP contribution >= 0.6 is 0 Å². The molecule has 1 atom stereocenters. The van der Waals surface area contributed by atoms with Gasteiger partial charge in [-0.2, -0.15) is 4.98 Å². The number of nitrogens with zero attached hydrogens (tertiary/aromatic N) is 2. The lowest BCUT2D eigenvalue weighted by atomic mass is 9.50. The fraction of sp³-hybridized carbons (Fsp3) is 0.667. The molecule has 7 heteroatoms. The van der Waals surface area contributed by atoms with Crippen LogP contribution in [0.15, 0.2) is 6.20 Å². The van der Waals surface area contributed by atoms with Gasteiger partial charge in [0.2, 0.25) is 5.95 Å². The number of rotatable bonds is 5. The molecule has 1 aliphatic heterocycles. The molecule has 4 fully saturated rings. The molecule has 0 radical (unpaired) electrons. The largest absolute Gasteiger partial charge is 0.379 e. The summed E-state index contributed by atoms with van der Waals surface area (Å²) in [5, 5.41) is 6.71. The number of nitrogens with one attached hydrogen (secondary N) is 2. The van der Waals surface area contributed by atoms with E-state index >= 15 is 0 Å². The zero-order valence-electron chi connectivity index (χ0n) is 12.5. The second kappa shape index (κ2) is 5.08. The van der Waals surface area contributed by atoms with Crippen molar-refractivity contribution in [3.8, 4) is 0 Å². The molecule has 3 saturated carbocycles. The summed E-state index contributed by atoms with van der Waals surface area (Å²) in [5.41, 5.74) is 5.93. The molecule has 1 aromatic rings. The van der Waals surface area contributed by atoms with Crippen LogP contribution in [0.25, 0.3) is 0 Å². The van der Waals surface area contributed by atoms with Gasteiger partial charge in [-0.15, -0.1) is 0 Å². The van der Waals surface area contributed by atoms with Crippen molar-refractivity contribution in [3.05, 3.63) is 11.8 Å². The maximum absolute atomic E-state index is 11.6. The van der Waals surface area contributed by atoms with Crippen LogP contribution in [0, 0.1) is 5.92 Å². The smallest absolute Gasteiger partial charge is 0.254 e. The minimum atomic E-state index is -0.498.